The van der Waals surface area contributed by atoms with Crippen LogP contribution in [0.3, 0.4) is 0 Å². The number of allylic oxidation sites excluding steroid dienone is 4. The fraction of sp³-hybridized carbons (Fsp3) is 0.739. The molecule has 2 heteroatoms. The van der Waals surface area contributed by atoms with E-state index >= 15 is 0 Å². The fourth-order valence-corrected chi connectivity index (χ4v) is 2.32. The highest BCUT2D eigenvalue weighted by Gasteiger charge is 2.34. The molecule has 0 heterocycles. The van der Waals surface area contributed by atoms with Crippen LogP contribution in [0, 0.1) is 16.2 Å². The molecule has 0 radical (unpaired) electrons. The van der Waals surface area contributed by atoms with E-state index in [0.717, 1.165) is 19.3 Å². The summed E-state index contributed by atoms with van der Waals surface area (Å²) in [5, 5.41) is 0. The molecule has 0 aromatic carbocycles. The largest absolute Gasteiger partial charge is 0.299 e. The number of hydrogen-bond acceptors (Lipinski definition) is 2. The highest BCUT2D eigenvalue weighted by molar-refractivity contribution is 5.88. The second kappa shape index (κ2) is 11.4. The maximum atomic E-state index is 12.0. The first-order valence-electron chi connectivity index (χ1n) is 9.58. The maximum Gasteiger partial charge on any atom is 0.144 e. The van der Waals surface area contributed by atoms with Crippen molar-refractivity contribution in [2.24, 2.45) is 16.2 Å². The Morgan fingerprint density at radius 2 is 1.12 bits per heavy atom. The minimum Gasteiger partial charge on any atom is -0.299 e. The number of carbonyl (C=O) groups excluding carboxylic acids is 2. The molecule has 0 unspecified atom stereocenters. The second-order valence-corrected chi connectivity index (χ2v) is 9.30. The lowest BCUT2D eigenvalue weighted by Crippen LogP contribution is -2.34. The molecule has 0 saturated heterocycles. The zero-order valence-electron chi connectivity index (χ0n) is 18.5. The molecule has 0 aromatic rings. The molecule has 25 heavy (non-hydrogen) atoms. The third-order valence-corrected chi connectivity index (χ3v) is 3.87. The highest BCUT2D eigenvalue weighted by Crippen LogP contribution is 2.32. The van der Waals surface area contributed by atoms with Gasteiger partial charge in [-0.2, -0.15) is 0 Å². The average Bonchev–Trinajstić information content (AvgIpc) is 2.45. The van der Waals surface area contributed by atoms with E-state index in [9.17, 15) is 9.59 Å². The van der Waals surface area contributed by atoms with Crippen molar-refractivity contribution in [3.63, 3.8) is 0 Å². The summed E-state index contributed by atoms with van der Waals surface area (Å²) in [6.07, 6.45) is 11.7. The Labute approximate surface area is 157 Å². The van der Waals surface area contributed by atoms with Crippen molar-refractivity contribution in [3.05, 3.63) is 24.3 Å². The van der Waals surface area contributed by atoms with E-state index in [1.807, 2.05) is 67.5 Å². The van der Waals surface area contributed by atoms with Crippen LogP contribution in [0.4, 0.5) is 0 Å². The molecule has 0 aliphatic heterocycles. The van der Waals surface area contributed by atoms with Crippen molar-refractivity contribution in [1.29, 1.82) is 0 Å². The molecular weight excluding hydrogens is 308 g/mol. The molecule has 0 fully saturated rings. The van der Waals surface area contributed by atoms with Crippen molar-refractivity contribution < 1.29 is 9.59 Å². The first kappa shape index (κ1) is 26.1. The normalized spacial score (nSPS) is 13.0. The standard InChI is InChI=1S/C13H24O.C10H18O/c1-7-8-9-10-13(5,6)11(14)12(2,3)4;1-5-6-7-8-9(11)10(2,3)4/h8-9H,7,10H2,1-6H3;6-7H,5,8H2,1-4H3/b9-8-;7-6-. The van der Waals surface area contributed by atoms with Gasteiger partial charge in [-0.25, -0.2) is 0 Å². The second-order valence-electron chi connectivity index (χ2n) is 9.30. The van der Waals surface area contributed by atoms with E-state index in [0.29, 0.717) is 18.0 Å². The van der Waals surface area contributed by atoms with Crippen LogP contribution < -0.4 is 0 Å². The molecule has 0 aliphatic carbocycles. The first-order valence-corrected chi connectivity index (χ1v) is 9.58. The van der Waals surface area contributed by atoms with Crippen LogP contribution >= 0.6 is 0 Å². The molecule has 146 valence electrons. The summed E-state index contributed by atoms with van der Waals surface area (Å²) < 4.78 is 0. The quantitative estimate of drug-likeness (QED) is 0.466. The van der Waals surface area contributed by atoms with E-state index in [1.165, 1.54) is 0 Å². The summed E-state index contributed by atoms with van der Waals surface area (Å²) in [7, 11) is 0. The molecule has 0 aromatic heterocycles. The Bertz CT molecular complexity index is 451. The number of hydrogen-bond donors (Lipinski definition) is 0. The van der Waals surface area contributed by atoms with Gasteiger partial charge in [-0.15, -0.1) is 0 Å². The lowest BCUT2D eigenvalue weighted by atomic mass is 9.73. The number of carbonyl (C=O) groups is 2. The number of ketones is 2. The van der Waals surface area contributed by atoms with E-state index < -0.39 is 0 Å². The average molecular weight is 351 g/mol. The molecule has 2 nitrogen and oxygen atoms in total. The third-order valence-electron chi connectivity index (χ3n) is 3.87. The molecule has 0 spiro atoms. The van der Waals surface area contributed by atoms with Gasteiger partial charge in [0.2, 0.25) is 0 Å². The van der Waals surface area contributed by atoms with Gasteiger partial charge in [-0.1, -0.05) is 93.5 Å². The van der Waals surface area contributed by atoms with Crippen molar-refractivity contribution in [2.45, 2.75) is 94.9 Å². The van der Waals surface area contributed by atoms with Crippen molar-refractivity contribution >= 4 is 11.6 Å². The first-order chi connectivity index (χ1) is 11.2. The molecule has 0 N–H and O–H groups in total. The Balaban J connectivity index is 0. The van der Waals surface area contributed by atoms with Crippen molar-refractivity contribution in [2.75, 3.05) is 0 Å². The maximum absolute atomic E-state index is 12.0. The highest BCUT2D eigenvalue weighted by atomic mass is 16.1. The Morgan fingerprint density at radius 3 is 1.48 bits per heavy atom. The number of rotatable bonds is 7. The van der Waals surface area contributed by atoms with Crippen molar-refractivity contribution in [1.82, 2.24) is 0 Å². The van der Waals surface area contributed by atoms with Crippen LogP contribution in [0.1, 0.15) is 94.9 Å². The van der Waals surface area contributed by atoms with Gasteiger partial charge >= 0.3 is 0 Å². The Kier molecular flexibility index (Phi) is 11.9. The molecule has 0 amide bonds. The Hall–Kier alpha value is -1.18. The third kappa shape index (κ3) is 12.8. The van der Waals surface area contributed by atoms with Gasteiger partial charge in [-0.05, 0) is 19.3 Å². The predicted molar refractivity (Wildman–Crippen MR) is 111 cm³/mol. The zero-order valence-corrected chi connectivity index (χ0v) is 18.5. The van der Waals surface area contributed by atoms with Crippen molar-refractivity contribution in [3.8, 4) is 0 Å². The SMILES string of the molecule is CC/C=C\CC(=O)C(C)(C)C.CC/C=C\CC(C)(C)C(=O)C(C)(C)C. The predicted octanol–water partition coefficient (Wildman–Crippen LogP) is 6.94. The number of Topliss-reactive ketones (excluding diaryl/α,β-unsaturated/α-hetero) is 2. The van der Waals surface area contributed by atoms with Gasteiger partial charge in [0, 0.05) is 22.7 Å². The monoisotopic (exact) mass is 350 g/mol. The van der Waals surface area contributed by atoms with E-state index in [-0.39, 0.29) is 16.2 Å². The molecule has 0 rings (SSSR count). The fourth-order valence-electron chi connectivity index (χ4n) is 2.32. The molecule has 0 bridgehead atoms. The van der Waals surface area contributed by atoms with E-state index in [2.05, 4.69) is 26.0 Å². The minimum atomic E-state index is -0.233. The summed E-state index contributed by atoms with van der Waals surface area (Å²) in [4.78, 5) is 23.3. The topological polar surface area (TPSA) is 34.1 Å². The molecular formula is C23H42O2. The van der Waals surface area contributed by atoms with Gasteiger partial charge in [0.1, 0.15) is 11.6 Å². The van der Waals surface area contributed by atoms with Gasteiger partial charge in [-0.3, -0.25) is 9.59 Å². The van der Waals surface area contributed by atoms with Crippen LogP contribution in [0.25, 0.3) is 0 Å². The summed E-state index contributed by atoms with van der Waals surface area (Å²) in [6, 6.07) is 0. The van der Waals surface area contributed by atoms with Crippen LogP contribution in [0.15, 0.2) is 24.3 Å². The van der Waals surface area contributed by atoms with Crippen LogP contribution in [-0.2, 0) is 9.59 Å². The van der Waals surface area contributed by atoms with Crippen LogP contribution in [0.5, 0.6) is 0 Å². The summed E-state index contributed by atoms with van der Waals surface area (Å²) in [6.45, 7) is 20.1. The van der Waals surface area contributed by atoms with E-state index in [4.69, 9.17) is 0 Å². The lowest BCUT2D eigenvalue weighted by Gasteiger charge is -2.29. The summed E-state index contributed by atoms with van der Waals surface area (Å²) in [5.74, 6) is 0.646. The minimum absolute atomic E-state index is 0.182. The van der Waals surface area contributed by atoms with Crippen LogP contribution in [0.2, 0.25) is 0 Å². The molecule has 0 aliphatic rings. The zero-order chi connectivity index (χ0) is 20.3. The molecule has 0 atom stereocenters. The van der Waals surface area contributed by atoms with E-state index in [1.54, 1.807) is 0 Å². The summed E-state index contributed by atoms with van der Waals surface area (Å²) >= 11 is 0. The van der Waals surface area contributed by atoms with Gasteiger partial charge in [0.25, 0.3) is 0 Å². The lowest BCUT2D eigenvalue weighted by molar-refractivity contribution is -0.134. The Morgan fingerprint density at radius 1 is 0.680 bits per heavy atom. The molecule has 0 saturated carbocycles. The summed E-state index contributed by atoms with van der Waals surface area (Å²) in [5.41, 5.74) is -0.647. The van der Waals surface area contributed by atoms with Gasteiger partial charge in [0.15, 0.2) is 0 Å². The van der Waals surface area contributed by atoms with Gasteiger partial charge < -0.3 is 0 Å². The van der Waals surface area contributed by atoms with Gasteiger partial charge in [0.05, 0.1) is 0 Å². The smallest absolute Gasteiger partial charge is 0.144 e. The van der Waals surface area contributed by atoms with Crippen LogP contribution in [-0.4, -0.2) is 11.6 Å².